The van der Waals surface area contributed by atoms with E-state index in [9.17, 15) is 9.59 Å². The van der Waals surface area contributed by atoms with Gasteiger partial charge in [0.15, 0.2) is 6.10 Å². The Kier molecular flexibility index (Phi) is 4.71. The highest BCUT2D eigenvalue weighted by Crippen LogP contribution is 2.07. The predicted octanol–water partition coefficient (Wildman–Crippen LogP) is 1.27. The Morgan fingerprint density at radius 1 is 1.41 bits per heavy atom. The molecule has 100 valence electrons. The maximum atomic E-state index is 11.6. The number of carbonyl (C=O) groups is 2. The fraction of sp³-hybridized carbons (Fsp3) is 0.833. The van der Waals surface area contributed by atoms with E-state index in [2.05, 4.69) is 0 Å². The molecule has 0 aromatic heterocycles. The quantitative estimate of drug-likeness (QED) is 0.520. The molecule has 0 amide bonds. The first kappa shape index (κ1) is 11.0. The summed E-state index contributed by atoms with van der Waals surface area (Å²) in [4.78, 5) is 22.4. The number of carboxylic acid groups (broad SMARTS) is 1. The van der Waals surface area contributed by atoms with Gasteiger partial charge in [-0.15, -0.1) is 0 Å². The Bertz CT molecular complexity index is 337. The number of aliphatic carboxylic acids is 1. The number of likely N-dealkylation sites (N-methyl/N-ethyl adjacent to an activating group) is 1. The van der Waals surface area contributed by atoms with Crippen LogP contribution in [0.4, 0.5) is 0 Å². The summed E-state index contributed by atoms with van der Waals surface area (Å²) in [7, 11) is 5.62. The molecule has 1 N–H and O–H groups in total. The second-order valence-electron chi connectivity index (χ2n) is 5.04. The van der Waals surface area contributed by atoms with E-state index >= 15 is 0 Å². The molecule has 0 radical (unpaired) electrons. The maximum absolute atomic E-state index is 11.6. The summed E-state index contributed by atoms with van der Waals surface area (Å²) in [6, 6.07) is 0. The lowest BCUT2D eigenvalue weighted by atomic mass is 10.2. The number of carbonyl (C=O) groups excluding carboxylic acids is 1. The summed E-state index contributed by atoms with van der Waals surface area (Å²) >= 11 is 0. The minimum absolute atomic E-state index is 0.00828. The summed E-state index contributed by atoms with van der Waals surface area (Å²) < 4.78 is 26.7. The van der Waals surface area contributed by atoms with Gasteiger partial charge in [-0.25, -0.2) is 0 Å². The lowest BCUT2D eigenvalue weighted by Crippen LogP contribution is -2.43. The molecular formula is C12H24NO4+. The average Bonchev–Trinajstić information content (AvgIpc) is 2.10. The monoisotopic (exact) mass is 249 g/mol. The van der Waals surface area contributed by atoms with Crippen molar-refractivity contribution in [1.29, 1.82) is 0 Å². The van der Waals surface area contributed by atoms with Crippen molar-refractivity contribution in [2.75, 3.05) is 27.7 Å². The second-order valence-corrected chi connectivity index (χ2v) is 5.04. The van der Waals surface area contributed by atoms with Gasteiger partial charge >= 0.3 is 11.9 Å². The summed E-state index contributed by atoms with van der Waals surface area (Å²) in [6.45, 7) is -1.67. The number of esters is 1. The minimum atomic E-state index is -2.05. The van der Waals surface area contributed by atoms with Crippen LogP contribution in [0.25, 0.3) is 0 Å². The van der Waals surface area contributed by atoms with Crippen LogP contribution in [-0.4, -0.2) is 55.3 Å². The topological polar surface area (TPSA) is 63.6 Å². The molecule has 0 aliphatic rings. The maximum Gasteiger partial charge on any atom is 0.307 e. The Labute approximate surface area is 107 Å². The lowest BCUT2D eigenvalue weighted by Gasteiger charge is -2.28. The van der Waals surface area contributed by atoms with Gasteiger partial charge in [0.2, 0.25) is 0 Å². The van der Waals surface area contributed by atoms with Gasteiger partial charge in [-0.2, -0.15) is 0 Å². The van der Waals surface area contributed by atoms with Gasteiger partial charge in [0.05, 0.1) is 27.6 Å². The Hall–Kier alpha value is -1.10. The van der Waals surface area contributed by atoms with Gasteiger partial charge in [0.25, 0.3) is 0 Å². The third-order valence-corrected chi connectivity index (χ3v) is 2.01. The zero-order valence-corrected chi connectivity index (χ0v) is 10.7. The molecule has 0 heterocycles. The number of hydrogen-bond donors (Lipinski definition) is 1. The number of ether oxygens (including phenoxy) is 1. The summed E-state index contributed by atoms with van der Waals surface area (Å²) in [5, 5.41) is 8.80. The zero-order valence-electron chi connectivity index (χ0n) is 13.7. The Balaban J connectivity index is 4.28. The van der Waals surface area contributed by atoms with Crippen molar-refractivity contribution in [1.82, 2.24) is 0 Å². The van der Waals surface area contributed by atoms with Crippen LogP contribution in [-0.2, 0) is 14.3 Å². The van der Waals surface area contributed by atoms with Crippen molar-refractivity contribution in [3.8, 4) is 0 Å². The van der Waals surface area contributed by atoms with Crippen LogP contribution >= 0.6 is 0 Å². The summed E-state index contributed by atoms with van der Waals surface area (Å²) in [5.74, 6) is -1.58. The fourth-order valence-electron chi connectivity index (χ4n) is 1.43. The van der Waals surface area contributed by atoms with Gasteiger partial charge in [-0.05, 0) is 6.42 Å². The van der Waals surface area contributed by atoms with E-state index < -0.39 is 24.9 Å². The summed E-state index contributed by atoms with van der Waals surface area (Å²) in [6.07, 6.45) is -0.806. The van der Waals surface area contributed by atoms with Crippen LogP contribution < -0.4 is 0 Å². The summed E-state index contributed by atoms with van der Waals surface area (Å²) in [5.41, 5.74) is 0. The molecule has 5 heteroatoms. The Morgan fingerprint density at radius 3 is 2.53 bits per heavy atom. The average molecular weight is 249 g/mol. The van der Waals surface area contributed by atoms with Crippen molar-refractivity contribution >= 4 is 11.9 Å². The van der Waals surface area contributed by atoms with E-state index in [1.165, 1.54) is 0 Å². The molecule has 0 rings (SSSR count). The van der Waals surface area contributed by atoms with Crippen molar-refractivity contribution < 1.29 is 28.0 Å². The Morgan fingerprint density at radius 2 is 2.06 bits per heavy atom. The molecule has 0 bridgehead atoms. The van der Waals surface area contributed by atoms with Crippen LogP contribution in [0.3, 0.4) is 0 Å². The highest BCUT2D eigenvalue weighted by atomic mass is 16.5. The number of quaternary nitrogens is 1. The molecule has 5 nitrogen and oxygen atoms in total. The van der Waals surface area contributed by atoms with E-state index in [1.807, 2.05) is 21.1 Å². The minimum Gasteiger partial charge on any atom is -0.481 e. The molecule has 1 atom stereocenters. The van der Waals surface area contributed by atoms with Crippen LogP contribution in [0.2, 0.25) is 0 Å². The van der Waals surface area contributed by atoms with E-state index in [-0.39, 0.29) is 25.7 Å². The molecule has 0 saturated carbocycles. The predicted molar refractivity (Wildman–Crippen MR) is 64.6 cm³/mol. The van der Waals surface area contributed by atoms with Crippen LogP contribution in [0.15, 0.2) is 0 Å². The lowest BCUT2D eigenvalue weighted by molar-refractivity contribution is -0.873. The molecular weight excluding hydrogens is 222 g/mol. The second kappa shape index (κ2) is 7.27. The van der Waals surface area contributed by atoms with Gasteiger partial charge < -0.3 is 14.3 Å². The highest BCUT2D eigenvalue weighted by molar-refractivity contribution is 5.71. The largest absolute Gasteiger partial charge is 0.481 e. The van der Waals surface area contributed by atoms with E-state index in [4.69, 9.17) is 14.0 Å². The standard InChI is InChI=1S/C12H23NO4/c1-5-6-7-12(16)17-10(8-11(14)15)9-13(2,3)4/h10H,5-9H2,1-4H3/p+1/t10-/m1/s1/i1D3. The van der Waals surface area contributed by atoms with Gasteiger partial charge in [0, 0.05) is 10.5 Å². The molecule has 0 spiro atoms. The van der Waals surface area contributed by atoms with Gasteiger partial charge in [-0.1, -0.05) is 13.3 Å². The third-order valence-electron chi connectivity index (χ3n) is 2.01. The molecule has 0 fully saturated rings. The van der Waals surface area contributed by atoms with Crippen LogP contribution in [0.1, 0.15) is 36.6 Å². The van der Waals surface area contributed by atoms with E-state index in [0.29, 0.717) is 11.0 Å². The molecule has 0 aliphatic carbocycles. The normalized spacial score (nSPS) is 16.5. The van der Waals surface area contributed by atoms with Gasteiger partial charge in [0.1, 0.15) is 6.54 Å². The third kappa shape index (κ3) is 9.81. The van der Waals surface area contributed by atoms with E-state index in [1.54, 1.807) is 0 Å². The first-order valence-electron chi connectivity index (χ1n) is 7.11. The molecule has 17 heavy (non-hydrogen) atoms. The van der Waals surface area contributed by atoms with Crippen LogP contribution in [0.5, 0.6) is 0 Å². The molecule has 0 saturated heterocycles. The number of rotatable bonds is 8. The first-order valence-corrected chi connectivity index (χ1v) is 5.61. The van der Waals surface area contributed by atoms with E-state index in [0.717, 1.165) is 0 Å². The molecule has 0 unspecified atom stereocenters. The fourth-order valence-corrected chi connectivity index (χ4v) is 1.43. The number of carboxylic acids is 1. The van der Waals surface area contributed by atoms with Crippen molar-refractivity contribution in [3.05, 3.63) is 0 Å². The molecule has 0 aliphatic heterocycles. The number of nitrogens with zero attached hydrogens (tertiary/aromatic N) is 1. The van der Waals surface area contributed by atoms with Crippen molar-refractivity contribution in [2.45, 2.75) is 38.6 Å². The van der Waals surface area contributed by atoms with Crippen LogP contribution in [0, 0.1) is 0 Å². The highest BCUT2D eigenvalue weighted by Gasteiger charge is 2.24. The molecule has 0 aromatic carbocycles. The smallest absolute Gasteiger partial charge is 0.307 e. The first-order chi connectivity index (χ1) is 8.89. The number of hydrogen-bond acceptors (Lipinski definition) is 3. The molecule has 0 aromatic rings. The van der Waals surface area contributed by atoms with Gasteiger partial charge in [-0.3, -0.25) is 9.59 Å². The SMILES string of the molecule is [2H]C([2H])([2H])CCCC(=O)O[C@H](CC(=O)O)C[N+](C)(C)C. The zero-order chi connectivity index (χ0) is 16.0. The van der Waals surface area contributed by atoms with Crippen molar-refractivity contribution in [2.24, 2.45) is 0 Å². The van der Waals surface area contributed by atoms with Crippen molar-refractivity contribution in [3.63, 3.8) is 0 Å².